The van der Waals surface area contributed by atoms with Gasteiger partial charge in [0.1, 0.15) is 5.82 Å². The van der Waals surface area contributed by atoms with Crippen molar-refractivity contribution in [3.63, 3.8) is 0 Å². The Morgan fingerprint density at radius 2 is 2.12 bits per heavy atom. The van der Waals surface area contributed by atoms with Crippen LogP contribution in [0, 0.1) is 0 Å². The van der Waals surface area contributed by atoms with Crippen LogP contribution in [0.1, 0.15) is 25.2 Å². The third-order valence-corrected chi connectivity index (χ3v) is 3.05. The monoisotopic (exact) mass is 244 g/mol. The molecule has 0 amide bonds. The molecule has 0 spiro atoms. The first-order chi connectivity index (χ1) is 8.27. The quantitative estimate of drug-likeness (QED) is 0.769. The third-order valence-electron chi connectivity index (χ3n) is 3.05. The summed E-state index contributed by atoms with van der Waals surface area (Å²) < 4.78 is 25.9. The molecule has 0 unspecified atom stereocenters. The summed E-state index contributed by atoms with van der Waals surface area (Å²) in [5.74, 6) is 0.390. The zero-order chi connectivity index (χ0) is 12.1. The maximum Gasteiger partial charge on any atom is 0.319 e. The van der Waals surface area contributed by atoms with Crippen molar-refractivity contribution in [3.05, 3.63) is 18.2 Å². The third kappa shape index (κ3) is 3.47. The summed E-state index contributed by atoms with van der Waals surface area (Å²) in [5, 5.41) is 3.15. The molecule has 1 fully saturated rings. The lowest BCUT2D eigenvalue weighted by Gasteiger charge is -2.14. The number of alkyl halides is 2. The first-order valence-electron chi connectivity index (χ1n) is 6.00. The average Bonchev–Trinajstić information content (AvgIpc) is 2.95. The van der Waals surface area contributed by atoms with Crippen LogP contribution in [0.5, 0.6) is 0 Å². The van der Waals surface area contributed by atoms with Crippen LogP contribution in [-0.4, -0.2) is 40.6 Å². The van der Waals surface area contributed by atoms with Gasteiger partial charge in [0.25, 0.3) is 0 Å². The normalized spacial score (nSPS) is 17.1. The topological polar surface area (TPSA) is 33.1 Å². The summed E-state index contributed by atoms with van der Waals surface area (Å²) in [6, 6.07) is 0. The van der Waals surface area contributed by atoms with Gasteiger partial charge in [-0.1, -0.05) is 0 Å². The molecule has 0 radical (unpaired) electrons. The minimum atomic E-state index is -2.51. The molecule has 1 saturated heterocycles. The Morgan fingerprint density at radius 3 is 2.82 bits per heavy atom. The molecule has 6 heteroatoms. The molecule has 0 saturated carbocycles. The summed E-state index contributed by atoms with van der Waals surface area (Å²) in [4.78, 5) is 6.30. The van der Waals surface area contributed by atoms with Crippen LogP contribution in [0.3, 0.4) is 0 Å². The highest BCUT2D eigenvalue weighted by Gasteiger charge is 2.12. The van der Waals surface area contributed by atoms with E-state index in [0.717, 1.165) is 30.7 Å². The van der Waals surface area contributed by atoms with Gasteiger partial charge in [0, 0.05) is 25.5 Å². The Morgan fingerprint density at radius 1 is 1.35 bits per heavy atom. The summed E-state index contributed by atoms with van der Waals surface area (Å²) in [6.45, 7) is 2.00. The highest BCUT2D eigenvalue weighted by atomic mass is 19.3. The Labute approximate surface area is 99.6 Å². The van der Waals surface area contributed by atoms with E-state index in [1.807, 2.05) is 0 Å². The Bertz CT molecular complexity index is 334. The molecule has 2 rings (SSSR count). The van der Waals surface area contributed by atoms with Crippen molar-refractivity contribution >= 4 is 0 Å². The van der Waals surface area contributed by atoms with Crippen molar-refractivity contribution in [1.82, 2.24) is 19.8 Å². The average molecular weight is 244 g/mol. The number of imidazole rings is 1. The van der Waals surface area contributed by atoms with E-state index in [2.05, 4.69) is 15.2 Å². The van der Waals surface area contributed by atoms with Gasteiger partial charge in [-0.2, -0.15) is 8.78 Å². The van der Waals surface area contributed by atoms with Gasteiger partial charge in [-0.3, -0.25) is 4.57 Å². The maximum atomic E-state index is 12.5. The summed E-state index contributed by atoms with van der Waals surface area (Å²) in [6.07, 6.45) is 5.26. The van der Waals surface area contributed by atoms with Crippen LogP contribution in [0.15, 0.2) is 12.4 Å². The fourth-order valence-electron chi connectivity index (χ4n) is 2.10. The van der Waals surface area contributed by atoms with Gasteiger partial charge in [-0.25, -0.2) is 4.98 Å². The number of aromatic nitrogens is 2. The molecule has 17 heavy (non-hydrogen) atoms. The van der Waals surface area contributed by atoms with Crippen molar-refractivity contribution in [2.75, 3.05) is 26.2 Å². The van der Waals surface area contributed by atoms with Gasteiger partial charge in [-0.15, -0.1) is 0 Å². The second-order valence-electron chi connectivity index (χ2n) is 4.25. The fourth-order valence-corrected chi connectivity index (χ4v) is 2.10. The molecule has 0 aromatic carbocycles. The van der Waals surface area contributed by atoms with Gasteiger partial charge < -0.3 is 10.2 Å². The minimum Gasteiger partial charge on any atom is -0.309 e. The zero-order valence-electron chi connectivity index (χ0n) is 9.78. The molecular weight excluding hydrogens is 226 g/mol. The lowest BCUT2D eigenvalue weighted by atomic mass is 10.4. The molecule has 1 N–H and O–H groups in total. The predicted molar refractivity (Wildman–Crippen MR) is 60.9 cm³/mol. The van der Waals surface area contributed by atoms with Crippen LogP contribution in [0.4, 0.5) is 8.78 Å². The molecule has 1 aliphatic heterocycles. The highest BCUT2D eigenvalue weighted by Crippen LogP contribution is 2.11. The number of nitrogens with zero attached hydrogens (tertiary/aromatic N) is 3. The van der Waals surface area contributed by atoms with Crippen molar-refractivity contribution in [1.29, 1.82) is 0 Å². The second kappa shape index (κ2) is 6.07. The van der Waals surface area contributed by atoms with E-state index in [1.165, 1.54) is 25.2 Å². The summed E-state index contributed by atoms with van der Waals surface area (Å²) in [7, 11) is 0. The summed E-state index contributed by atoms with van der Waals surface area (Å²) in [5.41, 5.74) is 0. The van der Waals surface area contributed by atoms with Crippen molar-refractivity contribution in [2.24, 2.45) is 0 Å². The second-order valence-corrected chi connectivity index (χ2v) is 4.25. The van der Waals surface area contributed by atoms with Crippen LogP contribution < -0.4 is 5.32 Å². The Balaban J connectivity index is 1.68. The molecule has 1 aromatic heterocycles. The van der Waals surface area contributed by atoms with Crippen molar-refractivity contribution in [2.45, 2.75) is 25.9 Å². The largest absolute Gasteiger partial charge is 0.319 e. The van der Waals surface area contributed by atoms with Gasteiger partial charge in [0.2, 0.25) is 0 Å². The van der Waals surface area contributed by atoms with Gasteiger partial charge in [0.15, 0.2) is 0 Å². The van der Waals surface area contributed by atoms with Gasteiger partial charge >= 0.3 is 6.55 Å². The molecular formula is C11H18F2N4. The Kier molecular flexibility index (Phi) is 4.44. The molecule has 0 bridgehead atoms. The van der Waals surface area contributed by atoms with Crippen molar-refractivity contribution < 1.29 is 8.78 Å². The van der Waals surface area contributed by atoms with Crippen LogP contribution >= 0.6 is 0 Å². The molecule has 1 aliphatic rings. The van der Waals surface area contributed by atoms with Crippen molar-refractivity contribution in [3.8, 4) is 0 Å². The number of likely N-dealkylation sites (tertiary alicyclic amines) is 1. The highest BCUT2D eigenvalue weighted by molar-refractivity contribution is 4.92. The first kappa shape index (κ1) is 12.4. The molecule has 96 valence electrons. The van der Waals surface area contributed by atoms with E-state index in [4.69, 9.17) is 0 Å². The molecule has 4 nitrogen and oxygen atoms in total. The smallest absolute Gasteiger partial charge is 0.309 e. The predicted octanol–water partition coefficient (Wildman–Crippen LogP) is 1.46. The first-order valence-corrected chi connectivity index (χ1v) is 6.00. The van der Waals surface area contributed by atoms with Gasteiger partial charge in [0.05, 0.1) is 6.54 Å². The molecule has 1 aromatic rings. The number of halogens is 2. The molecule has 0 atom stereocenters. The minimum absolute atomic E-state index is 0.390. The number of rotatable bonds is 6. The van der Waals surface area contributed by atoms with Crippen LogP contribution in [0.2, 0.25) is 0 Å². The number of hydrogen-bond acceptors (Lipinski definition) is 3. The van der Waals surface area contributed by atoms with E-state index in [9.17, 15) is 8.78 Å². The fraction of sp³-hybridized carbons (Fsp3) is 0.727. The maximum absolute atomic E-state index is 12.5. The molecule has 2 heterocycles. The number of hydrogen-bond donors (Lipinski definition) is 1. The Hall–Kier alpha value is -1.01. The lowest BCUT2D eigenvalue weighted by Crippen LogP contribution is -2.30. The van der Waals surface area contributed by atoms with E-state index in [0.29, 0.717) is 12.4 Å². The standard InChI is InChI=1S/C11H18F2N4/c12-11(13)17-8-4-15-10(17)9-14-3-7-16-5-1-2-6-16/h4,8,11,14H,1-3,5-7,9H2. The lowest BCUT2D eigenvalue weighted by molar-refractivity contribution is 0.0666. The van der Waals surface area contributed by atoms with Crippen LogP contribution in [0.25, 0.3) is 0 Å². The van der Waals surface area contributed by atoms with E-state index in [-0.39, 0.29) is 0 Å². The van der Waals surface area contributed by atoms with Crippen LogP contribution in [-0.2, 0) is 6.54 Å². The van der Waals surface area contributed by atoms with E-state index >= 15 is 0 Å². The van der Waals surface area contributed by atoms with Gasteiger partial charge in [-0.05, 0) is 25.9 Å². The van der Waals surface area contributed by atoms with E-state index < -0.39 is 6.55 Å². The molecule has 0 aliphatic carbocycles. The number of nitrogens with one attached hydrogen (secondary N) is 1. The zero-order valence-corrected chi connectivity index (χ0v) is 9.78. The van der Waals surface area contributed by atoms with E-state index in [1.54, 1.807) is 0 Å². The SMILES string of the molecule is FC(F)n1ccnc1CNCCN1CCCC1. The summed E-state index contributed by atoms with van der Waals surface area (Å²) >= 11 is 0.